The number of aliphatic imine (C=N–C) groups is 1. The van der Waals surface area contributed by atoms with Crippen molar-refractivity contribution in [2.75, 3.05) is 13.6 Å². The van der Waals surface area contributed by atoms with Crippen LogP contribution in [0.5, 0.6) is 5.75 Å². The van der Waals surface area contributed by atoms with Gasteiger partial charge >= 0.3 is 0 Å². The molecule has 0 radical (unpaired) electrons. The van der Waals surface area contributed by atoms with Gasteiger partial charge in [-0.25, -0.2) is 4.98 Å². The van der Waals surface area contributed by atoms with Crippen LogP contribution < -0.4 is 15.4 Å². The molecular weight excluding hydrogens is 477 g/mol. The molecule has 0 fully saturated rings. The summed E-state index contributed by atoms with van der Waals surface area (Å²) in [5, 5.41) is 6.70. The van der Waals surface area contributed by atoms with Crippen molar-refractivity contribution in [3.8, 4) is 5.75 Å². The van der Waals surface area contributed by atoms with Crippen LogP contribution >= 0.6 is 24.0 Å². The number of benzene rings is 2. The number of guanidine groups is 1. The van der Waals surface area contributed by atoms with Gasteiger partial charge in [0.1, 0.15) is 11.6 Å². The molecule has 1 aromatic heterocycles. The molecule has 3 rings (SSSR count). The number of H-pyrrole nitrogens is 1. The van der Waals surface area contributed by atoms with Crippen LogP contribution in [0.25, 0.3) is 11.0 Å². The van der Waals surface area contributed by atoms with E-state index in [4.69, 9.17) is 4.74 Å². The van der Waals surface area contributed by atoms with E-state index < -0.39 is 0 Å². The second-order valence-electron chi connectivity index (χ2n) is 7.08. The third-order valence-electron chi connectivity index (χ3n) is 4.35. The lowest BCUT2D eigenvalue weighted by atomic mass is 10.1. The van der Waals surface area contributed by atoms with Crippen LogP contribution in [0.1, 0.15) is 30.8 Å². The Kier molecular flexibility index (Phi) is 8.75. The number of ether oxygens (including phenoxy) is 1. The molecule has 2 aromatic carbocycles. The SMILES string of the molecule is CN=C(NCCc1nc2ccccc2[nH]1)NCc1ccc(C)cc1OC(C)C.I. The van der Waals surface area contributed by atoms with E-state index in [-0.39, 0.29) is 30.1 Å². The highest BCUT2D eigenvalue weighted by Gasteiger charge is 2.08. The quantitative estimate of drug-likeness (QED) is 0.255. The monoisotopic (exact) mass is 507 g/mol. The van der Waals surface area contributed by atoms with Crippen LogP contribution in [0.3, 0.4) is 0 Å². The van der Waals surface area contributed by atoms with Crippen molar-refractivity contribution in [2.45, 2.75) is 39.8 Å². The van der Waals surface area contributed by atoms with Crippen molar-refractivity contribution >= 4 is 41.0 Å². The van der Waals surface area contributed by atoms with E-state index in [1.54, 1.807) is 7.05 Å². The summed E-state index contributed by atoms with van der Waals surface area (Å²) in [7, 11) is 1.77. The minimum atomic E-state index is 0. The molecule has 0 atom stereocenters. The minimum Gasteiger partial charge on any atom is -0.491 e. The highest BCUT2D eigenvalue weighted by molar-refractivity contribution is 14.0. The van der Waals surface area contributed by atoms with E-state index in [0.717, 1.165) is 47.1 Å². The van der Waals surface area contributed by atoms with Crippen molar-refractivity contribution in [3.05, 3.63) is 59.4 Å². The summed E-state index contributed by atoms with van der Waals surface area (Å²) < 4.78 is 5.95. The molecule has 0 aliphatic rings. The number of nitrogens with zero attached hydrogens (tertiary/aromatic N) is 2. The zero-order chi connectivity index (χ0) is 19.9. The largest absolute Gasteiger partial charge is 0.491 e. The van der Waals surface area contributed by atoms with E-state index in [9.17, 15) is 0 Å². The molecule has 0 saturated carbocycles. The normalized spacial score (nSPS) is 11.4. The lowest BCUT2D eigenvalue weighted by Gasteiger charge is -2.17. The molecule has 6 nitrogen and oxygen atoms in total. The standard InChI is InChI=1S/C22H29N5O.HI/c1-15(2)28-20-13-16(3)9-10-17(20)14-25-22(23-4)24-12-11-21-26-18-7-5-6-8-19(18)27-21;/h5-10,13,15H,11-12,14H2,1-4H3,(H,26,27)(H2,23,24,25);1H. The average Bonchev–Trinajstić information content (AvgIpc) is 3.08. The topological polar surface area (TPSA) is 74.3 Å². The first-order valence-corrected chi connectivity index (χ1v) is 9.69. The number of fused-ring (bicyclic) bond motifs is 1. The van der Waals surface area contributed by atoms with Crippen LogP contribution in [0.15, 0.2) is 47.5 Å². The Balaban J connectivity index is 0.00000300. The molecule has 7 heteroatoms. The van der Waals surface area contributed by atoms with Crippen molar-refractivity contribution in [1.29, 1.82) is 0 Å². The van der Waals surface area contributed by atoms with Gasteiger partial charge in [0, 0.05) is 32.1 Å². The summed E-state index contributed by atoms with van der Waals surface area (Å²) in [5.41, 5.74) is 4.36. The number of imidazole rings is 1. The molecule has 0 aliphatic carbocycles. The predicted molar refractivity (Wildman–Crippen MR) is 130 cm³/mol. The molecule has 3 N–H and O–H groups in total. The Bertz CT molecular complexity index is 918. The van der Waals surface area contributed by atoms with Gasteiger partial charge < -0.3 is 20.4 Å². The summed E-state index contributed by atoms with van der Waals surface area (Å²) >= 11 is 0. The fraction of sp³-hybridized carbons (Fsp3) is 0.364. The van der Waals surface area contributed by atoms with Crippen LogP contribution in [-0.2, 0) is 13.0 Å². The van der Waals surface area contributed by atoms with Crippen LogP contribution in [0, 0.1) is 6.92 Å². The number of rotatable bonds is 7. The van der Waals surface area contributed by atoms with E-state index in [1.165, 1.54) is 5.56 Å². The molecule has 0 spiro atoms. The Hall–Kier alpha value is -2.29. The zero-order valence-electron chi connectivity index (χ0n) is 17.5. The Morgan fingerprint density at radius 1 is 1.17 bits per heavy atom. The first kappa shape index (κ1) is 23.0. The lowest BCUT2D eigenvalue weighted by Crippen LogP contribution is -2.38. The van der Waals surface area contributed by atoms with E-state index >= 15 is 0 Å². The Morgan fingerprint density at radius 2 is 1.97 bits per heavy atom. The third kappa shape index (κ3) is 6.62. The van der Waals surface area contributed by atoms with Crippen molar-refractivity contribution < 1.29 is 4.74 Å². The molecule has 0 unspecified atom stereocenters. The number of aryl methyl sites for hydroxylation is 1. The smallest absolute Gasteiger partial charge is 0.191 e. The first-order chi connectivity index (χ1) is 13.5. The van der Waals surface area contributed by atoms with Gasteiger partial charge in [-0.3, -0.25) is 4.99 Å². The van der Waals surface area contributed by atoms with Gasteiger partial charge in [-0.1, -0.05) is 24.3 Å². The van der Waals surface area contributed by atoms with Gasteiger partial charge in [0.15, 0.2) is 5.96 Å². The number of nitrogens with one attached hydrogen (secondary N) is 3. The maximum atomic E-state index is 5.95. The van der Waals surface area contributed by atoms with E-state index in [1.807, 2.05) is 38.1 Å². The summed E-state index contributed by atoms with van der Waals surface area (Å²) in [4.78, 5) is 12.3. The Labute approximate surface area is 189 Å². The van der Waals surface area contributed by atoms with E-state index in [0.29, 0.717) is 6.54 Å². The molecule has 1 heterocycles. The third-order valence-corrected chi connectivity index (χ3v) is 4.35. The maximum absolute atomic E-state index is 5.95. The fourth-order valence-electron chi connectivity index (χ4n) is 2.99. The maximum Gasteiger partial charge on any atom is 0.191 e. The summed E-state index contributed by atoms with van der Waals surface area (Å²) in [6, 6.07) is 14.3. The van der Waals surface area contributed by atoms with Gasteiger partial charge in [0.2, 0.25) is 0 Å². The molecular formula is C22H30IN5O. The van der Waals surface area contributed by atoms with Crippen molar-refractivity contribution in [1.82, 2.24) is 20.6 Å². The molecule has 0 saturated heterocycles. The number of aromatic nitrogens is 2. The first-order valence-electron chi connectivity index (χ1n) is 9.69. The second kappa shape index (κ2) is 11.0. The number of aromatic amines is 1. The molecule has 0 bridgehead atoms. The van der Waals surface area contributed by atoms with Gasteiger partial charge in [0.25, 0.3) is 0 Å². The summed E-state index contributed by atoms with van der Waals surface area (Å²) in [6.45, 7) is 7.54. The van der Waals surface area contributed by atoms with Crippen molar-refractivity contribution in [3.63, 3.8) is 0 Å². The highest BCUT2D eigenvalue weighted by atomic mass is 127. The molecule has 3 aromatic rings. The highest BCUT2D eigenvalue weighted by Crippen LogP contribution is 2.21. The summed E-state index contributed by atoms with van der Waals surface area (Å²) in [5.74, 6) is 2.64. The lowest BCUT2D eigenvalue weighted by molar-refractivity contribution is 0.239. The van der Waals surface area contributed by atoms with Gasteiger partial charge in [-0.2, -0.15) is 0 Å². The van der Waals surface area contributed by atoms with Gasteiger partial charge in [-0.05, 0) is 44.5 Å². The minimum absolute atomic E-state index is 0. The van der Waals surface area contributed by atoms with Crippen LogP contribution in [0.4, 0.5) is 0 Å². The van der Waals surface area contributed by atoms with Gasteiger partial charge in [0.05, 0.1) is 17.1 Å². The molecule has 29 heavy (non-hydrogen) atoms. The van der Waals surface area contributed by atoms with E-state index in [2.05, 4.69) is 50.7 Å². The van der Waals surface area contributed by atoms with Crippen LogP contribution in [-0.4, -0.2) is 35.6 Å². The molecule has 156 valence electrons. The second-order valence-corrected chi connectivity index (χ2v) is 7.08. The van der Waals surface area contributed by atoms with Crippen LogP contribution in [0.2, 0.25) is 0 Å². The Morgan fingerprint density at radius 3 is 2.69 bits per heavy atom. The fourth-order valence-corrected chi connectivity index (χ4v) is 2.99. The molecule has 0 amide bonds. The predicted octanol–water partition coefficient (Wildman–Crippen LogP) is 4.18. The number of hydrogen-bond donors (Lipinski definition) is 3. The average molecular weight is 507 g/mol. The zero-order valence-corrected chi connectivity index (χ0v) is 19.8. The molecule has 0 aliphatic heterocycles. The van der Waals surface area contributed by atoms with Crippen molar-refractivity contribution in [2.24, 2.45) is 4.99 Å². The summed E-state index contributed by atoms with van der Waals surface area (Å²) in [6.07, 6.45) is 0.934. The van der Waals surface area contributed by atoms with Gasteiger partial charge in [-0.15, -0.1) is 24.0 Å². The number of halogens is 1. The number of para-hydroxylation sites is 2. The number of hydrogen-bond acceptors (Lipinski definition) is 3.